The molecular formula is C22H20Cl2N2O5S. The molecule has 0 radical (unpaired) electrons. The largest absolute Gasteiger partial charge is 0.463 e. The summed E-state index contributed by atoms with van der Waals surface area (Å²) in [6.07, 6.45) is 2.75. The standard InChI is InChI=1S/C22H20Cl2N2O5S/c1-3-25-19(27)12-26-20(11-21(28)30-4-2)32-18(22(26)29)10-14-6-8-17(31-14)15-9-13(23)5-7-16(15)24/h5-11H,3-4,12H2,1-2H3,(H,25,27). The van der Waals surface area contributed by atoms with Gasteiger partial charge in [-0.2, -0.15) is 0 Å². The molecule has 2 heterocycles. The highest BCUT2D eigenvalue weighted by Gasteiger charge is 2.12. The van der Waals surface area contributed by atoms with Crippen LogP contribution in [0.2, 0.25) is 10.0 Å². The number of furan rings is 1. The van der Waals surface area contributed by atoms with Crippen molar-refractivity contribution in [2.24, 2.45) is 0 Å². The lowest BCUT2D eigenvalue weighted by atomic mass is 10.2. The van der Waals surface area contributed by atoms with Crippen LogP contribution in [0.4, 0.5) is 0 Å². The van der Waals surface area contributed by atoms with Crippen molar-refractivity contribution in [1.82, 2.24) is 9.88 Å². The Labute approximate surface area is 197 Å². The van der Waals surface area contributed by atoms with E-state index in [1.54, 1.807) is 50.3 Å². The number of amides is 1. The number of nitrogens with one attached hydrogen (secondary N) is 1. The van der Waals surface area contributed by atoms with Gasteiger partial charge in [-0.15, -0.1) is 11.3 Å². The number of aromatic nitrogens is 1. The van der Waals surface area contributed by atoms with Crippen molar-refractivity contribution in [2.75, 3.05) is 13.2 Å². The number of ether oxygens (including phenoxy) is 1. The van der Waals surface area contributed by atoms with Crippen molar-refractivity contribution in [3.05, 3.63) is 65.7 Å². The maximum absolute atomic E-state index is 13.0. The smallest absolute Gasteiger partial charge is 0.333 e. The number of carbonyl (C=O) groups is 2. The molecule has 0 atom stereocenters. The lowest BCUT2D eigenvalue weighted by molar-refractivity contribution is -0.135. The fraction of sp³-hybridized carbons (Fsp3) is 0.227. The Morgan fingerprint density at radius 1 is 1.22 bits per heavy atom. The third-order valence-electron chi connectivity index (χ3n) is 4.23. The maximum atomic E-state index is 13.0. The Morgan fingerprint density at radius 2 is 2.00 bits per heavy atom. The van der Waals surface area contributed by atoms with Crippen molar-refractivity contribution < 1.29 is 18.7 Å². The van der Waals surface area contributed by atoms with Crippen molar-refractivity contribution in [3.63, 3.8) is 0 Å². The SMILES string of the molecule is CCNC(=O)Cn1c(=CC(=O)OCC)sc(=Cc2ccc(-c3cc(Cl)ccc3Cl)o2)c1=O. The summed E-state index contributed by atoms with van der Waals surface area (Å²) in [6, 6.07) is 8.43. The first kappa shape index (κ1) is 23.8. The van der Waals surface area contributed by atoms with Crippen LogP contribution in [0.5, 0.6) is 0 Å². The normalized spacial score (nSPS) is 12.2. The van der Waals surface area contributed by atoms with E-state index in [1.807, 2.05) is 0 Å². The molecule has 1 N–H and O–H groups in total. The van der Waals surface area contributed by atoms with Crippen LogP contribution < -0.4 is 20.1 Å². The minimum absolute atomic E-state index is 0.196. The van der Waals surface area contributed by atoms with Crippen LogP contribution >= 0.6 is 34.5 Å². The molecule has 2 aromatic heterocycles. The zero-order chi connectivity index (χ0) is 23.3. The molecule has 1 amide bonds. The van der Waals surface area contributed by atoms with Crippen molar-refractivity contribution in [3.8, 4) is 11.3 Å². The van der Waals surface area contributed by atoms with Gasteiger partial charge in [0.05, 0.1) is 22.2 Å². The van der Waals surface area contributed by atoms with Gasteiger partial charge in [0.2, 0.25) is 5.91 Å². The highest BCUT2D eigenvalue weighted by molar-refractivity contribution is 7.07. The van der Waals surface area contributed by atoms with E-state index in [-0.39, 0.29) is 19.1 Å². The molecule has 3 aromatic rings. The molecule has 10 heteroatoms. The first-order valence-corrected chi connectivity index (χ1v) is 11.3. The number of likely N-dealkylation sites (N-methyl/N-ethyl adjacent to an activating group) is 1. The molecule has 32 heavy (non-hydrogen) atoms. The fourth-order valence-electron chi connectivity index (χ4n) is 2.86. The van der Waals surface area contributed by atoms with E-state index in [9.17, 15) is 14.4 Å². The second-order valence-electron chi connectivity index (χ2n) is 6.52. The Morgan fingerprint density at radius 3 is 2.72 bits per heavy atom. The summed E-state index contributed by atoms with van der Waals surface area (Å²) in [5.41, 5.74) is 0.200. The highest BCUT2D eigenvalue weighted by atomic mass is 35.5. The predicted octanol–water partition coefficient (Wildman–Crippen LogP) is 2.79. The van der Waals surface area contributed by atoms with E-state index in [0.29, 0.717) is 42.9 Å². The van der Waals surface area contributed by atoms with Gasteiger partial charge in [0.1, 0.15) is 22.7 Å². The summed E-state index contributed by atoms with van der Waals surface area (Å²) in [5, 5.41) is 3.63. The van der Waals surface area contributed by atoms with Crippen LogP contribution in [0.1, 0.15) is 19.6 Å². The van der Waals surface area contributed by atoms with Gasteiger partial charge in [-0.3, -0.25) is 14.2 Å². The Hall–Kier alpha value is -2.81. The fourth-order valence-corrected chi connectivity index (χ4v) is 4.26. The van der Waals surface area contributed by atoms with Crippen LogP contribution in [-0.4, -0.2) is 29.6 Å². The second-order valence-corrected chi connectivity index (χ2v) is 8.42. The van der Waals surface area contributed by atoms with Gasteiger partial charge < -0.3 is 14.5 Å². The number of carbonyl (C=O) groups excluding carboxylic acids is 2. The Bertz CT molecular complexity index is 1320. The second kappa shape index (κ2) is 10.7. The topological polar surface area (TPSA) is 90.5 Å². The van der Waals surface area contributed by atoms with E-state index < -0.39 is 11.5 Å². The molecule has 0 saturated heterocycles. The molecule has 0 aliphatic heterocycles. The van der Waals surface area contributed by atoms with Crippen molar-refractivity contribution >= 4 is 58.6 Å². The van der Waals surface area contributed by atoms with Gasteiger partial charge in [-0.1, -0.05) is 23.2 Å². The molecule has 3 rings (SSSR count). The molecule has 168 valence electrons. The summed E-state index contributed by atoms with van der Waals surface area (Å²) in [6.45, 7) is 3.86. The first-order chi connectivity index (χ1) is 15.3. The molecule has 0 unspecified atom stereocenters. The molecule has 0 spiro atoms. The molecule has 1 aromatic carbocycles. The predicted molar refractivity (Wildman–Crippen MR) is 125 cm³/mol. The summed E-state index contributed by atoms with van der Waals surface area (Å²) in [4.78, 5) is 37.0. The van der Waals surface area contributed by atoms with Gasteiger partial charge in [-0.25, -0.2) is 4.79 Å². The van der Waals surface area contributed by atoms with Crippen molar-refractivity contribution in [1.29, 1.82) is 0 Å². The number of nitrogens with zero attached hydrogens (tertiary/aromatic N) is 1. The van der Waals surface area contributed by atoms with Gasteiger partial charge in [0, 0.05) is 23.2 Å². The zero-order valence-electron chi connectivity index (χ0n) is 17.3. The van der Waals surface area contributed by atoms with E-state index in [4.69, 9.17) is 32.4 Å². The molecular weight excluding hydrogens is 475 g/mol. The monoisotopic (exact) mass is 494 g/mol. The number of esters is 1. The lowest BCUT2D eigenvalue weighted by Crippen LogP contribution is -2.38. The number of halogens is 2. The quantitative estimate of drug-likeness (QED) is 0.510. The van der Waals surface area contributed by atoms with Crippen molar-refractivity contribution in [2.45, 2.75) is 20.4 Å². The van der Waals surface area contributed by atoms with Gasteiger partial charge in [0.25, 0.3) is 5.56 Å². The van der Waals surface area contributed by atoms with E-state index >= 15 is 0 Å². The Balaban J connectivity index is 2.06. The van der Waals surface area contributed by atoms with E-state index in [1.165, 1.54) is 10.6 Å². The summed E-state index contributed by atoms with van der Waals surface area (Å²) in [7, 11) is 0. The number of benzene rings is 1. The number of hydrogen-bond acceptors (Lipinski definition) is 6. The molecule has 0 fully saturated rings. The van der Waals surface area contributed by atoms with E-state index in [2.05, 4.69) is 5.32 Å². The van der Waals surface area contributed by atoms with Crippen LogP contribution in [0.25, 0.3) is 23.5 Å². The number of thiazole rings is 1. The summed E-state index contributed by atoms with van der Waals surface area (Å²) < 4.78 is 12.6. The highest BCUT2D eigenvalue weighted by Crippen LogP contribution is 2.31. The van der Waals surface area contributed by atoms with E-state index in [0.717, 1.165) is 11.3 Å². The Kier molecular flexibility index (Phi) is 7.95. The average molecular weight is 495 g/mol. The lowest BCUT2D eigenvalue weighted by Gasteiger charge is -2.02. The molecule has 0 bridgehead atoms. The van der Waals surface area contributed by atoms with Crippen LogP contribution in [0.3, 0.4) is 0 Å². The molecule has 0 aliphatic rings. The molecule has 0 aliphatic carbocycles. The van der Waals surface area contributed by atoms with Crippen LogP contribution in [-0.2, 0) is 20.9 Å². The summed E-state index contributed by atoms with van der Waals surface area (Å²) >= 11 is 13.3. The third kappa shape index (κ3) is 5.70. The number of rotatable bonds is 7. The first-order valence-electron chi connectivity index (χ1n) is 9.74. The number of hydrogen-bond donors (Lipinski definition) is 1. The minimum atomic E-state index is -0.596. The van der Waals surface area contributed by atoms with Gasteiger partial charge in [-0.05, 0) is 44.2 Å². The maximum Gasteiger partial charge on any atom is 0.333 e. The minimum Gasteiger partial charge on any atom is -0.463 e. The van der Waals surface area contributed by atoms with Crippen LogP contribution in [0, 0.1) is 0 Å². The third-order valence-corrected chi connectivity index (χ3v) is 5.86. The van der Waals surface area contributed by atoms with Crippen LogP contribution in [0.15, 0.2) is 39.5 Å². The van der Waals surface area contributed by atoms with Gasteiger partial charge >= 0.3 is 5.97 Å². The molecule has 0 saturated carbocycles. The summed E-state index contributed by atoms with van der Waals surface area (Å²) in [5.74, 6) is -0.0438. The average Bonchev–Trinajstić information content (AvgIpc) is 3.31. The zero-order valence-corrected chi connectivity index (χ0v) is 19.6. The van der Waals surface area contributed by atoms with Gasteiger partial charge in [0.15, 0.2) is 0 Å². The molecule has 7 nitrogen and oxygen atoms in total.